The highest BCUT2D eigenvalue weighted by molar-refractivity contribution is 5.47. The first-order valence-electron chi connectivity index (χ1n) is 5.41. The smallest absolute Gasteiger partial charge is 0.239 e. The van der Waals surface area contributed by atoms with Crippen LogP contribution >= 0.6 is 0 Å². The van der Waals surface area contributed by atoms with E-state index >= 15 is 0 Å². The molecule has 6 nitrogen and oxygen atoms in total. The molecule has 1 aliphatic carbocycles. The Kier molecular flexibility index (Phi) is 3.09. The molecule has 0 aromatic carbocycles. The number of nitrogen functional groups attached to an aromatic ring is 1. The maximum absolute atomic E-state index is 9.36. The van der Waals surface area contributed by atoms with Crippen molar-refractivity contribution in [3.63, 3.8) is 0 Å². The highest BCUT2D eigenvalue weighted by Gasteiger charge is 2.19. The van der Waals surface area contributed by atoms with Crippen LogP contribution in [-0.2, 0) is 0 Å². The van der Waals surface area contributed by atoms with Crippen LogP contribution in [0.2, 0.25) is 0 Å². The van der Waals surface area contributed by atoms with Gasteiger partial charge < -0.3 is 21.3 Å². The van der Waals surface area contributed by atoms with E-state index in [1.807, 2.05) is 0 Å². The molecule has 0 radical (unpaired) electrons. The standard InChI is InChI=1S/C10H16N4O2/c11-8-5-12-10(14-9(8)16)13-6-1-3-7(15)4-2-6/h5-7,15H,1-4,11H2,(H2,12,13,14,16). The van der Waals surface area contributed by atoms with Gasteiger partial charge in [0.1, 0.15) is 5.69 Å². The van der Waals surface area contributed by atoms with Gasteiger partial charge in [-0.15, -0.1) is 0 Å². The summed E-state index contributed by atoms with van der Waals surface area (Å²) < 4.78 is 0. The molecule has 1 heterocycles. The zero-order valence-corrected chi connectivity index (χ0v) is 8.93. The van der Waals surface area contributed by atoms with Crippen molar-refractivity contribution in [3.8, 4) is 5.88 Å². The zero-order chi connectivity index (χ0) is 11.5. The first kappa shape index (κ1) is 10.9. The van der Waals surface area contributed by atoms with Crippen LogP contribution < -0.4 is 11.1 Å². The Morgan fingerprint density at radius 3 is 2.62 bits per heavy atom. The number of nitrogens with zero attached hydrogens (tertiary/aromatic N) is 2. The van der Waals surface area contributed by atoms with Gasteiger partial charge in [-0.05, 0) is 25.7 Å². The van der Waals surface area contributed by atoms with E-state index in [2.05, 4.69) is 15.3 Å². The Morgan fingerprint density at radius 2 is 2.00 bits per heavy atom. The molecule has 0 spiro atoms. The molecule has 1 saturated carbocycles. The Labute approximate surface area is 93.5 Å². The molecule has 16 heavy (non-hydrogen) atoms. The molecule has 0 bridgehead atoms. The van der Waals surface area contributed by atoms with Gasteiger partial charge in [0.25, 0.3) is 0 Å². The van der Waals surface area contributed by atoms with Crippen LogP contribution in [0.4, 0.5) is 11.6 Å². The molecule has 0 saturated heterocycles. The van der Waals surface area contributed by atoms with Crippen molar-refractivity contribution in [1.82, 2.24) is 9.97 Å². The topological polar surface area (TPSA) is 104 Å². The van der Waals surface area contributed by atoms with Crippen molar-refractivity contribution < 1.29 is 10.2 Å². The zero-order valence-electron chi connectivity index (χ0n) is 8.93. The molecule has 1 aromatic rings. The quantitative estimate of drug-likeness (QED) is 0.582. The lowest BCUT2D eigenvalue weighted by molar-refractivity contribution is 0.126. The molecule has 88 valence electrons. The van der Waals surface area contributed by atoms with Crippen LogP contribution in [0.15, 0.2) is 6.20 Å². The first-order valence-corrected chi connectivity index (χ1v) is 5.41. The first-order chi connectivity index (χ1) is 7.65. The maximum Gasteiger partial charge on any atom is 0.239 e. The number of aromatic nitrogens is 2. The van der Waals surface area contributed by atoms with Crippen LogP contribution in [-0.4, -0.2) is 32.3 Å². The Balaban J connectivity index is 1.96. The number of hydrogen-bond acceptors (Lipinski definition) is 6. The molecule has 6 heteroatoms. The molecule has 1 aliphatic rings. The second-order valence-corrected chi connectivity index (χ2v) is 4.12. The highest BCUT2D eigenvalue weighted by atomic mass is 16.3. The molecule has 0 amide bonds. The van der Waals surface area contributed by atoms with Gasteiger partial charge >= 0.3 is 0 Å². The van der Waals surface area contributed by atoms with Gasteiger partial charge in [-0.25, -0.2) is 4.98 Å². The summed E-state index contributed by atoms with van der Waals surface area (Å²) >= 11 is 0. The van der Waals surface area contributed by atoms with E-state index in [-0.39, 0.29) is 23.7 Å². The normalized spacial score (nSPS) is 25.3. The third kappa shape index (κ3) is 2.52. The molecular formula is C10H16N4O2. The number of rotatable bonds is 2. The van der Waals surface area contributed by atoms with E-state index in [1.54, 1.807) is 0 Å². The Morgan fingerprint density at radius 1 is 1.31 bits per heavy atom. The van der Waals surface area contributed by atoms with Crippen molar-refractivity contribution in [1.29, 1.82) is 0 Å². The fraction of sp³-hybridized carbons (Fsp3) is 0.600. The van der Waals surface area contributed by atoms with Gasteiger partial charge in [0.2, 0.25) is 11.8 Å². The fourth-order valence-electron chi connectivity index (χ4n) is 1.85. The molecular weight excluding hydrogens is 208 g/mol. The summed E-state index contributed by atoms with van der Waals surface area (Å²) in [6.45, 7) is 0. The predicted molar refractivity (Wildman–Crippen MR) is 60.0 cm³/mol. The average molecular weight is 224 g/mol. The minimum Gasteiger partial charge on any atom is -0.492 e. The SMILES string of the molecule is Nc1cnc(NC2CCC(O)CC2)nc1O. The van der Waals surface area contributed by atoms with E-state index in [9.17, 15) is 10.2 Å². The van der Waals surface area contributed by atoms with Gasteiger partial charge in [-0.2, -0.15) is 4.98 Å². The summed E-state index contributed by atoms with van der Waals surface area (Å²) in [6.07, 6.45) is 4.55. The van der Waals surface area contributed by atoms with Gasteiger partial charge in [-0.3, -0.25) is 0 Å². The summed E-state index contributed by atoms with van der Waals surface area (Å²) in [4.78, 5) is 7.81. The lowest BCUT2D eigenvalue weighted by Crippen LogP contribution is -2.28. The molecule has 2 rings (SSSR count). The van der Waals surface area contributed by atoms with Crippen LogP contribution in [0.3, 0.4) is 0 Å². The summed E-state index contributed by atoms with van der Waals surface area (Å²) in [7, 11) is 0. The molecule has 0 atom stereocenters. The van der Waals surface area contributed by atoms with Crippen molar-refractivity contribution in [2.45, 2.75) is 37.8 Å². The molecule has 1 aromatic heterocycles. The summed E-state index contributed by atoms with van der Waals surface area (Å²) in [5.74, 6) is 0.182. The molecule has 0 unspecified atom stereocenters. The molecule has 5 N–H and O–H groups in total. The molecule has 0 aliphatic heterocycles. The molecule has 1 fully saturated rings. The van der Waals surface area contributed by atoms with Crippen molar-refractivity contribution >= 4 is 11.6 Å². The Bertz CT molecular complexity index is 364. The van der Waals surface area contributed by atoms with E-state index in [0.717, 1.165) is 25.7 Å². The third-order valence-corrected chi connectivity index (χ3v) is 2.83. The summed E-state index contributed by atoms with van der Waals surface area (Å²) in [6, 6.07) is 0.256. The van der Waals surface area contributed by atoms with Gasteiger partial charge in [0.15, 0.2) is 0 Å². The van der Waals surface area contributed by atoms with E-state index in [0.29, 0.717) is 5.95 Å². The number of hydrogen-bond donors (Lipinski definition) is 4. The minimum atomic E-state index is -0.201. The predicted octanol–water partition coefficient (Wildman–Crippen LogP) is 0.480. The van der Waals surface area contributed by atoms with Crippen LogP contribution in [0, 0.1) is 0 Å². The second kappa shape index (κ2) is 4.52. The van der Waals surface area contributed by atoms with Crippen LogP contribution in [0.25, 0.3) is 0 Å². The fourth-order valence-corrected chi connectivity index (χ4v) is 1.85. The average Bonchev–Trinajstić information content (AvgIpc) is 2.27. The lowest BCUT2D eigenvalue weighted by Gasteiger charge is -2.26. The van der Waals surface area contributed by atoms with Crippen LogP contribution in [0.1, 0.15) is 25.7 Å². The van der Waals surface area contributed by atoms with Gasteiger partial charge in [0.05, 0.1) is 12.3 Å². The van der Waals surface area contributed by atoms with E-state index in [1.165, 1.54) is 6.20 Å². The number of nitrogens with two attached hydrogens (primary N) is 1. The van der Waals surface area contributed by atoms with Crippen LogP contribution in [0.5, 0.6) is 5.88 Å². The third-order valence-electron chi connectivity index (χ3n) is 2.83. The number of aromatic hydroxyl groups is 1. The summed E-state index contributed by atoms with van der Waals surface area (Å²) in [5, 5.41) is 21.8. The number of nitrogens with one attached hydrogen (secondary N) is 1. The number of anilines is 2. The van der Waals surface area contributed by atoms with Gasteiger partial charge in [0, 0.05) is 6.04 Å². The maximum atomic E-state index is 9.36. The monoisotopic (exact) mass is 224 g/mol. The van der Waals surface area contributed by atoms with Crippen molar-refractivity contribution in [2.24, 2.45) is 0 Å². The van der Waals surface area contributed by atoms with E-state index in [4.69, 9.17) is 5.73 Å². The number of aliphatic hydroxyl groups is 1. The minimum absolute atomic E-state index is 0.171. The van der Waals surface area contributed by atoms with E-state index < -0.39 is 0 Å². The second-order valence-electron chi connectivity index (χ2n) is 4.12. The van der Waals surface area contributed by atoms with Crippen molar-refractivity contribution in [2.75, 3.05) is 11.1 Å². The number of aliphatic hydroxyl groups excluding tert-OH is 1. The van der Waals surface area contributed by atoms with Crippen molar-refractivity contribution in [3.05, 3.63) is 6.20 Å². The van der Waals surface area contributed by atoms with Gasteiger partial charge in [-0.1, -0.05) is 0 Å². The largest absolute Gasteiger partial charge is 0.492 e. The lowest BCUT2D eigenvalue weighted by atomic mass is 9.93. The summed E-state index contributed by atoms with van der Waals surface area (Å²) in [5.41, 5.74) is 5.58. The Hall–Kier alpha value is -1.56. The highest BCUT2D eigenvalue weighted by Crippen LogP contribution is 2.22.